The number of nitrogens with one attached hydrogen (secondary N) is 2. The SMILES string of the molecule is CN=C(NCCN(C)CCCOC)NCC1CCN(c2ccc(Br)cc2)C1.I. The Morgan fingerprint density at radius 2 is 2.04 bits per heavy atom. The van der Waals surface area contributed by atoms with E-state index in [2.05, 4.69) is 72.7 Å². The molecule has 0 bridgehead atoms. The van der Waals surface area contributed by atoms with Crippen molar-refractivity contribution >= 4 is 51.6 Å². The molecule has 0 radical (unpaired) electrons. The van der Waals surface area contributed by atoms with E-state index in [1.54, 1.807) is 7.11 Å². The summed E-state index contributed by atoms with van der Waals surface area (Å²) in [6.07, 6.45) is 2.28. The van der Waals surface area contributed by atoms with Crippen LogP contribution >= 0.6 is 39.9 Å². The van der Waals surface area contributed by atoms with Crippen molar-refractivity contribution < 1.29 is 4.74 Å². The Hall–Kier alpha value is -0.580. The molecular weight excluding hydrogens is 533 g/mol. The van der Waals surface area contributed by atoms with E-state index in [1.165, 1.54) is 12.1 Å². The first kappa shape index (κ1) is 25.5. The van der Waals surface area contributed by atoms with Crippen LogP contribution in [0, 0.1) is 5.92 Å². The van der Waals surface area contributed by atoms with Gasteiger partial charge in [-0.15, -0.1) is 24.0 Å². The number of guanidine groups is 1. The topological polar surface area (TPSA) is 52.1 Å². The maximum Gasteiger partial charge on any atom is 0.191 e. The van der Waals surface area contributed by atoms with Gasteiger partial charge in [0.25, 0.3) is 0 Å². The van der Waals surface area contributed by atoms with Crippen molar-refractivity contribution in [3.05, 3.63) is 28.7 Å². The molecule has 8 heteroatoms. The second-order valence-corrected chi connectivity index (χ2v) is 8.02. The van der Waals surface area contributed by atoms with Crippen LogP contribution in [-0.2, 0) is 4.74 Å². The molecule has 0 amide bonds. The number of hydrogen-bond acceptors (Lipinski definition) is 4. The van der Waals surface area contributed by atoms with Crippen molar-refractivity contribution in [3.63, 3.8) is 0 Å². The van der Waals surface area contributed by atoms with Crippen LogP contribution in [0.1, 0.15) is 12.8 Å². The van der Waals surface area contributed by atoms with Gasteiger partial charge in [0, 0.05) is 70.2 Å². The second-order valence-electron chi connectivity index (χ2n) is 7.11. The molecule has 0 saturated carbocycles. The molecule has 160 valence electrons. The van der Waals surface area contributed by atoms with Crippen molar-refractivity contribution in [2.75, 3.05) is 72.0 Å². The van der Waals surface area contributed by atoms with E-state index in [4.69, 9.17) is 4.74 Å². The largest absolute Gasteiger partial charge is 0.385 e. The van der Waals surface area contributed by atoms with Gasteiger partial charge in [0.05, 0.1) is 0 Å². The minimum Gasteiger partial charge on any atom is -0.385 e. The van der Waals surface area contributed by atoms with E-state index in [0.717, 1.165) is 62.7 Å². The molecule has 0 spiro atoms. The molecule has 1 aliphatic rings. The number of hydrogen-bond donors (Lipinski definition) is 2. The number of nitrogens with zero attached hydrogens (tertiary/aromatic N) is 3. The lowest BCUT2D eigenvalue weighted by Crippen LogP contribution is -2.43. The molecule has 2 rings (SSSR count). The van der Waals surface area contributed by atoms with Crippen LogP contribution in [0.4, 0.5) is 5.69 Å². The van der Waals surface area contributed by atoms with Crippen molar-refractivity contribution in [1.82, 2.24) is 15.5 Å². The van der Waals surface area contributed by atoms with Gasteiger partial charge in [-0.2, -0.15) is 0 Å². The van der Waals surface area contributed by atoms with E-state index in [1.807, 2.05) is 7.05 Å². The van der Waals surface area contributed by atoms with Gasteiger partial charge >= 0.3 is 0 Å². The third-order valence-electron chi connectivity index (χ3n) is 4.93. The first-order valence-electron chi connectivity index (χ1n) is 9.75. The smallest absolute Gasteiger partial charge is 0.191 e. The monoisotopic (exact) mass is 567 g/mol. The number of methoxy groups -OCH3 is 1. The van der Waals surface area contributed by atoms with E-state index in [9.17, 15) is 0 Å². The molecule has 0 aromatic heterocycles. The number of halogens is 2. The highest BCUT2D eigenvalue weighted by Crippen LogP contribution is 2.24. The van der Waals surface area contributed by atoms with E-state index >= 15 is 0 Å². The van der Waals surface area contributed by atoms with Crippen LogP contribution in [0.3, 0.4) is 0 Å². The molecule has 1 unspecified atom stereocenters. The standard InChI is InChI=1S/C20H34BrN5O.HI/c1-22-20(23-10-13-25(2)11-4-14-27-3)24-15-17-9-12-26(16-17)19-7-5-18(21)6-8-19;/h5-8,17H,4,9-16H2,1-3H3,(H2,22,23,24);1H. The highest BCUT2D eigenvalue weighted by atomic mass is 127. The molecule has 1 aromatic carbocycles. The molecule has 1 saturated heterocycles. The zero-order valence-electron chi connectivity index (χ0n) is 17.3. The van der Waals surface area contributed by atoms with Crippen molar-refractivity contribution in [1.29, 1.82) is 0 Å². The summed E-state index contributed by atoms with van der Waals surface area (Å²) in [6, 6.07) is 8.59. The lowest BCUT2D eigenvalue weighted by Gasteiger charge is -2.20. The predicted octanol–water partition coefficient (Wildman–Crippen LogP) is 3.03. The van der Waals surface area contributed by atoms with E-state index in [-0.39, 0.29) is 24.0 Å². The molecule has 28 heavy (non-hydrogen) atoms. The van der Waals surface area contributed by atoms with Gasteiger partial charge in [-0.1, -0.05) is 15.9 Å². The second kappa shape index (κ2) is 14.4. The Kier molecular flexibility index (Phi) is 13.1. The molecule has 1 atom stereocenters. The van der Waals surface area contributed by atoms with Crippen molar-refractivity contribution in [3.8, 4) is 0 Å². The molecule has 2 N–H and O–H groups in total. The van der Waals surface area contributed by atoms with Gasteiger partial charge < -0.3 is 25.2 Å². The minimum atomic E-state index is 0. The number of ether oxygens (including phenoxy) is 1. The maximum atomic E-state index is 5.10. The van der Waals surface area contributed by atoms with Gasteiger partial charge in [0.15, 0.2) is 5.96 Å². The lowest BCUT2D eigenvalue weighted by molar-refractivity contribution is 0.180. The predicted molar refractivity (Wildman–Crippen MR) is 133 cm³/mol. The first-order chi connectivity index (χ1) is 13.1. The minimum absolute atomic E-state index is 0. The molecule has 6 nitrogen and oxygen atoms in total. The van der Waals surface area contributed by atoms with Gasteiger partial charge in [-0.05, 0) is 50.1 Å². The molecule has 1 aliphatic heterocycles. The summed E-state index contributed by atoms with van der Waals surface area (Å²) in [5, 5.41) is 6.90. The summed E-state index contributed by atoms with van der Waals surface area (Å²) in [5.41, 5.74) is 1.31. The Morgan fingerprint density at radius 1 is 1.29 bits per heavy atom. The van der Waals surface area contributed by atoms with Crippen LogP contribution < -0.4 is 15.5 Å². The fourth-order valence-electron chi connectivity index (χ4n) is 3.30. The van der Waals surface area contributed by atoms with E-state index < -0.39 is 0 Å². The highest BCUT2D eigenvalue weighted by Gasteiger charge is 2.22. The fourth-order valence-corrected chi connectivity index (χ4v) is 3.57. The van der Waals surface area contributed by atoms with E-state index in [0.29, 0.717) is 5.92 Å². The number of aliphatic imine (C=N–C) groups is 1. The van der Waals surface area contributed by atoms with Gasteiger partial charge in [0.1, 0.15) is 0 Å². The maximum absolute atomic E-state index is 5.10. The Bertz CT molecular complexity index is 572. The molecule has 1 fully saturated rings. The van der Waals surface area contributed by atoms with Crippen molar-refractivity contribution in [2.45, 2.75) is 12.8 Å². The van der Waals surface area contributed by atoms with Crippen LogP contribution in [0.25, 0.3) is 0 Å². The summed E-state index contributed by atoms with van der Waals surface area (Å²) in [6.45, 7) is 6.91. The van der Waals surface area contributed by atoms with Crippen LogP contribution in [0.5, 0.6) is 0 Å². The van der Waals surface area contributed by atoms with Crippen LogP contribution in [0.2, 0.25) is 0 Å². The van der Waals surface area contributed by atoms with Crippen LogP contribution in [-0.4, -0.2) is 77.9 Å². The first-order valence-corrected chi connectivity index (χ1v) is 10.5. The third-order valence-corrected chi connectivity index (χ3v) is 5.46. The fraction of sp³-hybridized carbons (Fsp3) is 0.650. The number of rotatable bonds is 10. The lowest BCUT2D eigenvalue weighted by atomic mass is 10.1. The van der Waals surface area contributed by atoms with Gasteiger partial charge in [0.2, 0.25) is 0 Å². The Labute approximate surface area is 195 Å². The average molecular weight is 568 g/mol. The summed E-state index contributed by atoms with van der Waals surface area (Å²) in [4.78, 5) is 9.12. The summed E-state index contributed by atoms with van der Waals surface area (Å²) in [7, 11) is 5.73. The Morgan fingerprint density at radius 3 is 2.71 bits per heavy atom. The summed E-state index contributed by atoms with van der Waals surface area (Å²) < 4.78 is 6.22. The number of anilines is 1. The quantitative estimate of drug-likeness (QED) is 0.197. The van der Waals surface area contributed by atoms with Crippen LogP contribution in [0.15, 0.2) is 33.7 Å². The summed E-state index contributed by atoms with van der Waals surface area (Å²) in [5.74, 6) is 1.53. The zero-order valence-corrected chi connectivity index (χ0v) is 21.2. The molecule has 1 heterocycles. The number of likely N-dealkylation sites (N-methyl/N-ethyl adjacent to an activating group) is 1. The number of benzene rings is 1. The summed E-state index contributed by atoms with van der Waals surface area (Å²) >= 11 is 3.50. The highest BCUT2D eigenvalue weighted by molar-refractivity contribution is 14.0. The third kappa shape index (κ3) is 9.28. The van der Waals surface area contributed by atoms with Gasteiger partial charge in [-0.3, -0.25) is 4.99 Å². The van der Waals surface area contributed by atoms with Gasteiger partial charge in [-0.25, -0.2) is 0 Å². The normalized spacial score (nSPS) is 17.0. The molecule has 1 aromatic rings. The molecular formula is C20H35BrIN5O. The van der Waals surface area contributed by atoms with Crippen molar-refractivity contribution in [2.24, 2.45) is 10.9 Å². The molecule has 0 aliphatic carbocycles. The Balaban J connectivity index is 0.00000392. The average Bonchev–Trinajstić information content (AvgIpc) is 3.14. The zero-order chi connectivity index (χ0) is 19.5.